The Morgan fingerprint density at radius 2 is 1.75 bits per heavy atom. The van der Waals surface area contributed by atoms with Gasteiger partial charge in [0.25, 0.3) is 0 Å². The summed E-state index contributed by atoms with van der Waals surface area (Å²) in [6.45, 7) is 6.44. The highest BCUT2D eigenvalue weighted by Crippen LogP contribution is 2.34. The van der Waals surface area contributed by atoms with E-state index in [1.165, 1.54) is 7.11 Å². The van der Waals surface area contributed by atoms with Crippen molar-refractivity contribution in [3.63, 3.8) is 0 Å². The molecule has 4 heteroatoms. The normalized spacial score (nSPS) is 10.9. The van der Waals surface area contributed by atoms with Gasteiger partial charge in [-0.05, 0) is 47.6 Å². The lowest BCUT2D eigenvalue weighted by atomic mass is 10.0. The first-order valence-electron chi connectivity index (χ1n) is 8.24. The van der Waals surface area contributed by atoms with E-state index in [1.807, 2.05) is 30.3 Å². The molecule has 0 aromatic rings. The smallest absolute Gasteiger partial charge is 0.338 e. The number of esters is 2. The molecule has 0 spiro atoms. The predicted molar refractivity (Wildman–Crippen MR) is 93.3 cm³/mol. The molecule has 0 radical (unpaired) electrons. The van der Waals surface area contributed by atoms with Crippen LogP contribution in [0, 0.1) is 5.92 Å². The molecule has 0 heterocycles. The molecule has 2 aliphatic rings. The van der Waals surface area contributed by atoms with Gasteiger partial charge in [-0.15, -0.1) is 0 Å². The van der Waals surface area contributed by atoms with Crippen LogP contribution in [0.3, 0.4) is 0 Å². The first kappa shape index (κ1) is 18.0. The van der Waals surface area contributed by atoms with Gasteiger partial charge >= 0.3 is 11.9 Å². The van der Waals surface area contributed by atoms with Gasteiger partial charge in [0, 0.05) is 0 Å². The van der Waals surface area contributed by atoms with Crippen LogP contribution in [-0.2, 0) is 27.1 Å². The van der Waals surface area contributed by atoms with Crippen molar-refractivity contribution in [1.29, 1.82) is 0 Å². The summed E-state index contributed by atoms with van der Waals surface area (Å²) >= 11 is 0. The first-order valence-corrected chi connectivity index (χ1v) is 8.24. The summed E-state index contributed by atoms with van der Waals surface area (Å²) in [5.41, 5.74) is 4.46. The average molecular weight is 328 g/mol. The molecule has 0 N–H and O–H groups in total. The topological polar surface area (TPSA) is 52.6 Å². The Balaban J connectivity index is 2.50. The zero-order chi connectivity index (χ0) is 17.7. The number of methoxy groups -OCH3 is 1. The summed E-state index contributed by atoms with van der Waals surface area (Å²) in [5, 5.41) is 0. The molecule has 0 fully saturated rings. The summed E-state index contributed by atoms with van der Waals surface area (Å²) in [4.78, 5) is 23.8. The molecule has 0 saturated heterocycles. The zero-order valence-electron chi connectivity index (χ0n) is 14.7. The summed E-state index contributed by atoms with van der Waals surface area (Å²) in [6.07, 6.45) is 1.09. The maximum atomic E-state index is 12.3. The minimum Gasteiger partial charge on any atom is -0.469 e. The molecule has 2 rings (SSSR count). The number of hydrogen-bond acceptors (Lipinski definition) is 4. The van der Waals surface area contributed by atoms with E-state index < -0.39 is 0 Å². The molecule has 0 unspecified atom stereocenters. The van der Waals surface area contributed by atoms with E-state index in [0.717, 1.165) is 28.7 Å². The van der Waals surface area contributed by atoms with E-state index in [-0.39, 0.29) is 18.4 Å². The minimum absolute atomic E-state index is 0.210. The van der Waals surface area contributed by atoms with Crippen molar-refractivity contribution < 1.29 is 19.1 Å². The van der Waals surface area contributed by atoms with Crippen LogP contribution in [0.5, 0.6) is 0 Å². The van der Waals surface area contributed by atoms with Gasteiger partial charge in [-0.2, -0.15) is 0 Å². The molecule has 0 aromatic heterocycles. The molecule has 0 atom stereocenters. The molecular weight excluding hydrogens is 304 g/mol. The number of hydrogen-bond donors (Lipinski definition) is 0. The number of carbonyl (C=O) groups is 2. The molecule has 0 saturated carbocycles. The van der Waals surface area contributed by atoms with Gasteiger partial charge in [-0.25, -0.2) is 4.79 Å². The Morgan fingerprint density at radius 1 is 1.08 bits per heavy atom. The lowest BCUT2D eigenvalue weighted by molar-refractivity contribution is -0.139. The summed E-state index contributed by atoms with van der Waals surface area (Å²) in [6, 6.07) is 9.58. The minimum atomic E-state index is -0.307. The number of rotatable bonds is 6. The van der Waals surface area contributed by atoms with Gasteiger partial charge in [0.15, 0.2) is 0 Å². The Labute approximate surface area is 143 Å². The Bertz CT molecular complexity index is 703. The van der Waals surface area contributed by atoms with Crippen molar-refractivity contribution >= 4 is 11.9 Å². The van der Waals surface area contributed by atoms with Crippen LogP contribution in [0.2, 0.25) is 0 Å². The first-order chi connectivity index (χ1) is 11.5. The lowest BCUT2D eigenvalue weighted by Gasteiger charge is -2.04. The molecule has 0 aromatic carbocycles. The third-order valence-electron chi connectivity index (χ3n) is 3.87. The molecule has 24 heavy (non-hydrogen) atoms. The molecule has 2 aliphatic carbocycles. The lowest BCUT2D eigenvalue weighted by Crippen LogP contribution is -2.04. The fourth-order valence-electron chi connectivity index (χ4n) is 2.80. The number of ether oxygens (including phenoxy) is 2. The molecule has 128 valence electrons. The van der Waals surface area contributed by atoms with Crippen molar-refractivity contribution in [3.8, 4) is 11.1 Å². The van der Waals surface area contributed by atoms with Gasteiger partial charge < -0.3 is 9.47 Å². The maximum Gasteiger partial charge on any atom is 0.338 e. The molecular formula is C20H24O4. The van der Waals surface area contributed by atoms with Crippen molar-refractivity contribution in [1.82, 2.24) is 0 Å². The molecule has 0 aliphatic heterocycles. The molecule has 4 nitrogen and oxygen atoms in total. The van der Waals surface area contributed by atoms with Crippen LogP contribution in [0.15, 0.2) is 30.3 Å². The summed E-state index contributed by atoms with van der Waals surface area (Å²) in [7, 11) is 1.38. The highest BCUT2D eigenvalue weighted by molar-refractivity contribution is 6.00. The van der Waals surface area contributed by atoms with E-state index in [9.17, 15) is 9.59 Å². The molecule has 0 bridgehead atoms. The van der Waals surface area contributed by atoms with Gasteiger partial charge in [0.2, 0.25) is 0 Å². The summed E-state index contributed by atoms with van der Waals surface area (Å²) in [5.74, 6) is -0.113. The Hall–Kier alpha value is -2.36. The van der Waals surface area contributed by atoms with Crippen LogP contribution in [0.25, 0.3) is 11.1 Å². The fourth-order valence-corrected chi connectivity index (χ4v) is 2.80. The third kappa shape index (κ3) is 4.13. The van der Waals surface area contributed by atoms with Crippen LogP contribution < -0.4 is 0 Å². The standard InChI is InChI=1S/C20H24O4/c1-5-24-20(22)18-12-15(10-13(2)3)16-8-6-14(7-9-17(16)18)11-19(21)23-4/h6-9,12-13H,5,10-11H2,1-4H3. The van der Waals surface area contributed by atoms with Crippen molar-refractivity contribution in [3.05, 3.63) is 47.0 Å². The van der Waals surface area contributed by atoms with Gasteiger partial charge in [0.05, 0.1) is 25.7 Å². The van der Waals surface area contributed by atoms with E-state index in [0.29, 0.717) is 18.1 Å². The van der Waals surface area contributed by atoms with Crippen LogP contribution in [0.4, 0.5) is 0 Å². The van der Waals surface area contributed by atoms with Gasteiger partial charge in [-0.1, -0.05) is 38.1 Å². The number of carbonyl (C=O) groups excluding carboxylic acids is 2. The van der Waals surface area contributed by atoms with E-state index in [2.05, 4.69) is 13.8 Å². The summed E-state index contributed by atoms with van der Waals surface area (Å²) < 4.78 is 9.91. The second-order valence-electron chi connectivity index (χ2n) is 6.22. The quantitative estimate of drug-likeness (QED) is 0.755. The second kappa shape index (κ2) is 7.95. The fraction of sp³-hybridized carbons (Fsp3) is 0.400. The van der Waals surface area contributed by atoms with Crippen LogP contribution >= 0.6 is 0 Å². The van der Waals surface area contributed by atoms with Gasteiger partial charge in [-0.3, -0.25) is 4.79 Å². The average Bonchev–Trinajstić information content (AvgIpc) is 2.72. The van der Waals surface area contributed by atoms with Crippen LogP contribution in [0.1, 0.15) is 42.3 Å². The van der Waals surface area contributed by atoms with Crippen LogP contribution in [-0.4, -0.2) is 25.7 Å². The maximum absolute atomic E-state index is 12.3. The number of fused-ring (bicyclic) bond motifs is 1. The SMILES string of the molecule is CCOC(=O)c1cc(CC(C)C)c2ccc(CC(=O)OC)ccc1-2. The van der Waals surface area contributed by atoms with Gasteiger partial charge in [0.1, 0.15) is 0 Å². The van der Waals surface area contributed by atoms with E-state index in [1.54, 1.807) is 6.92 Å². The zero-order valence-corrected chi connectivity index (χ0v) is 14.7. The highest BCUT2D eigenvalue weighted by atomic mass is 16.5. The van der Waals surface area contributed by atoms with Crippen molar-refractivity contribution in [2.45, 2.75) is 33.6 Å². The molecule has 0 amide bonds. The Morgan fingerprint density at radius 3 is 2.33 bits per heavy atom. The van der Waals surface area contributed by atoms with E-state index >= 15 is 0 Å². The van der Waals surface area contributed by atoms with Crippen molar-refractivity contribution in [2.24, 2.45) is 5.92 Å². The predicted octanol–water partition coefficient (Wildman–Crippen LogP) is 3.88. The highest BCUT2D eigenvalue weighted by Gasteiger charge is 2.21. The largest absolute Gasteiger partial charge is 0.469 e. The van der Waals surface area contributed by atoms with E-state index in [4.69, 9.17) is 9.47 Å². The monoisotopic (exact) mass is 328 g/mol. The Kier molecular flexibility index (Phi) is 5.96. The van der Waals surface area contributed by atoms with Crippen molar-refractivity contribution in [2.75, 3.05) is 13.7 Å². The third-order valence-corrected chi connectivity index (χ3v) is 3.87. The second-order valence-corrected chi connectivity index (χ2v) is 6.22.